The van der Waals surface area contributed by atoms with E-state index < -0.39 is 11.4 Å². The summed E-state index contributed by atoms with van der Waals surface area (Å²) < 4.78 is 0. The van der Waals surface area contributed by atoms with Crippen molar-refractivity contribution in [3.63, 3.8) is 0 Å². The first kappa shape index (κ1) is 18.2. The molecule has 0 spiro atoms. The van der Waals surface area contributed by atoms with Gasteiger partial charge in [-0.25, -0.2) is 4.79 Å². The maximum atomic E-state index is 12.6. The van der Waals surface area contributed by atoms with Crippen LogP contribution in [0.15, 0.2) is 24.3 Å². The maximum Gasteiger partial charge on any atom is 0.321 e. The number of carboxylic acids is 1. The lowest BCUT2D eigenvalue weighted by Crippen LogP contribution is -2.38. The number of amides is 3. The highest BCUT2D eigenvalue weighted by atomic mass is 16.4. The van der Waals surface area contributed by atoms with Crippen molar-refractivity contribution in [3.8, 4) is 0 Å². The molecule has 1 aromatic carbocycles. The van der Waals surface area contributed by atoms with Gasteiger partial charge in [-0.15, -0.1) is 0 Å². The molecule has 1 aromatic rings. The van der Waals surface area contributed by atoms with E-state index in [1.165, 1.54) is 0 Å². The van der Waals surface area contributed by atoms with E-state index in [4.69, 9.17) is 0 Å². The maximum absolute atomic E-state index is 12.6. The summed E-state index contributed by atoms with van der Waals surface area (Å²) in [6.45, 7) is 3.29. The number of carboxylic acid groups (broad SMARTS) is 1. The van der Waals surface area contributed by atoms with Gasteiger partial charge in [0, 0.05) is 30.9 Å². The van der Waals surface area contributed by atoms with E-state index >= 15 is 0 Å². The van der Waals surface area contributed by atoms with E-state index in [1.54, 1.807) is 29.2 Å². The molecule has 0 radical (unpaired) electrons. The fourth-order valence-electron chi connectivity index (χ4n) is 4.07. The van der Waals surface area contributed by atoms with Crippen LogP contribution in [0.1, 0.15) is 43.0 Å². The number of carbonyl (C=O) groups is 3. The van der Waals surface area contributed by atoms with Crippen molar-refractivity contribution in [1.82, 2.24) is 10.2 Å². The molecule has 3 N–H and O–H groups in total. The van der Waals surface area contributed by atoms with Gasteiger partial charge >= 0.3 is 12.0 Å². The van der Waals surface area contributed by atoms with Gasteiger partial charge in [-0.1, -0.05) is 19.4 Å². The molecule has 7 heteroatoms. The van der Waals surface area contributed by atoms with Crippen LogP contribution in [0.5, 0.6) is 0 Å². The van der Waals surface area contributed by atoms with Gasteiger partial charge in [0.1, 0.15) is 0 Å². The minimum atomic E-state index is -0.801. The van der Waals surface area contributed by atoms with Gasteiger partial charge in [0.05, 0.1) is 5.41 Å². The van der Waals surface area contributed by atoms with E-state index in [1.807, 2.05) is 6.92 Å². The van der Waals surface area contributed by atoms with Crippen molar-refractivity contribution in [2.45, 2.75) is 32.6 Å². The Morgan fingerprint density at radius 2 is 2.15 bits per heavy atom. The van der Waals surface area contributed by atoms with Gasteiger partial charge in [0.25, 0.3) is 5.91 Å². The molecule has 0 aromatic heterocycles. The number of nitrogens with one attached hydrogen (secondary N) is 2. The number of carbonyl (C=O) groups excluding carboxylic acids is 2. The summed E-state index contributed by atoms with van der Waals surface area (Å²) in [5.74, 6) is -0.953. The SMILES string of the molecule is CCCNC(=O)c1cccc(NC(=O)N2C[C@@H]3CCC[C@@]3(C(=O)O)C2)c1. The lowest BCUT2D eigenvalue weighted by Gasteiger charge is -2.23. The second-order valence-corrected chi connectivity index (χ2v) is 7.20. The van der Waals surface area contributed by atoms with Gasteiger partial charge in [0.2, 0.25) is 0 Å². The summed E-state index contributed by atoms with van der Waals surface area (Å²) in [5.41, 5.74) is 0.219. The largest absolute Gasteiger partial charge is 0.481 e. The van der Waals surface area contributed by atoms with E-state index in [2.05, 4.69) is 10.6 Å². The normalized spacial score (nSPS) is 24.2. The Balaban J connectivity index is 1.66. The van der Waals surface area contributed by atoms with Crippen molar-refractivity contribution in [2.75, 3.05) is 25.0 Å². The van der Waals surface area contributed by atoms with Gasteiger partial charge in [-0.05, 0) is 43.4 Å². The number of benzene rings is 1. The highest BCUT2D eigenvalue weighted by molar-refractivity contribution is 5.97. The average Bonchev–Trinajstić information content (AvgIpc) is 3.18. The molecule has 1 saturated carbocycles. The van der Waals surface area contributed by atoms with Crippen LogP contribution in [0.3, 0.4) is 0 Å². The second-order valence-electron chi connectivity index (χ2n) is 7.20. The van der Waals surface area contributed by atoms with Gasteiger partial charge in [-0.3, -0.25) is 9.59 Å². The van der Waals surface area contributed by atoms with Crippen molar-refractivity contribution in [3.05, 3.63) is 29.8 Å². The fourth-order valence-corrected chi connectivity index (χ4v) is 4.07. The van der Waals surface area contributed by atoms with Gasteiger partial charge in [-0.2, -0.15) is 0 Å². The number of aliphatic carboxylic acids is 1. The van der Waals surface area contributed by atoms with Crippen LogP contribution >= 0.6 is 0 Å². The average molecular weight is 359 g/mol. The third-order valence-electron chi connectivity index (χ3n) is 5.50. The number of hydrogen-bond acceptors (Lipinski definition) is 3. The Hall–Kier alpha value is -2.57. The van der Waals surface area contributed by atoms with E-state index in [9.17, 15) is 19.5 Å². The van der Waals surface area contributed by atoms with Crippen LogP contribution < -0.4 is 10.6 Å². The van der Waals surface area contributed by atoms with Crippen molar-refractivity contribution < 1.29 is 19.5 Å². The molecule has 1 saturated heterocycles. The van der Waals surface area contributed by atoms with Crippen LogP contribution in [0, 0.1) is 11.3 Å². The van der Waals surface area contributed by atoms with Crippen LogP contribution in [0.2, 0.25) is 0 Å². The standard InChI is InChI=1S/C19H25N3O4/c1-2-9-20-16(23)13-5-3-7-15(10-13)21-18(26)22-11-14-6-4-8-19(14,12-22)17(24)25/h3,5,7,10,14H,2,4,6,8-9,11-12H2,1H3,(H,20,23)(H,21,26)(H,24,25)/t14-,19+/m0/s1. The lowest BCUT2D eigenvalue weighted by atomic mass is 9.81. The lowest BCUT2D eigenvalue weighted by molar-refractivity contribution is -0.149. The first-order valence-electron chi connectivity index (χ1n) is 9.14. The molecule has 3 rings (SSSR count). The molecule has 0 unspecified atom stereocenters. The monoisotopic (exact) mass is 359 g/mol. The zero-order valence-electron chi connectivity index (χ0n) is 15.0. The minimum Gasteiger partial charge on any atom is -0.481 e. The third-order valence-corrected chi connectivity index (χ3v) is 5.50. The van der Waals surface area contributed by atoms with Crippen molar-refractivity contribution >= 4 is 23.6 Å². The Kier molecular flexibility index (Phi) is 5.15. The molecule has 2 fully saturated rings. The molecule has 1 aliphatic carbocycles. The predicted octanol–water partition coefficient (Wildman–Crippen LogP) is 2.55. The molecule has 3 amide bonds. The molecule has 1 aliphatic heterocycles. The zero-order valence-corrected chi connectivity index (χ0v) is 15.0. The number of anilines is 1. The molecule has 0 bridgehead atoms. The number of fused-ring (bicyclic) bond motifs is 1. The molecule has 2 atom stereocenters. The minimum absolute atomic E-state index is 0.0249. The molecular weight excluding hydrogens is 334 g/mol. The Labute approximate surface area is 152 Å². The van der Waals surface area contributed by atoms with Gasteiger partial charge in [0.15, 0.2) is 0 Å². The highest BCUT2D eigenvalue weighted by Crippen LogP contribution is 2.48. The van der Waals surface area contributed by atoms with Crippen LogP contribution in [0.25, 0.3) is 0 Å². The second kappa shape index (κ2) is 7.35. The number of nitrogens with zero attached hydrogens (tertiary/aromatic N) is 1. The summed E-state index contributed by atoms with van der Waals surface area (Å²) in [5, 5.41) is 15.2. The van der Waals surface area contributed by atoms with Crippen molar-refractivity contribution in [2.24, 2.45) is 11.3 Å². The zero-order chi connectivity index (χ0) is 18.7. The molecule has 7 nitrogen and oxygen atoms in total. The summed E-state index contributed by atoms with van der Waals surface area (Å²) in [7, 11) is 0. The molecule has 1 heterocycles. The molecule has 26 heavy (non-hydrogen) atoms. The van der Waals surface area contributed by atoms with Crippen LogP contribution in [-0.2, 0) is 4.79 Å². The molecule has 2 aliphatic rings. The topological polar surface area (TPSA) is 98.7 Å². The van der Waals surface area contributed by atoms with Crippen LogP contribution in [0.4, 0.5) is 10.5 Å². The summed E-state index contributed by atoms with van der Waals surface area (Å²) in [6, 6.07) is 6.45. The summed E-state index contributed by atoms with van der Waals surface area (Å²) >= 11 is 0. The first-order chi connectivity index (χ1) is 12.5. The Bertz CT molecular complexity index is 720. The Morgan fingerprint density at radius 1 is 1.35 bits per heavy atom. The molecular formula is C19H25N3O4. The number of hydrogen-bond donors (Lipinski definition) is 3. The van der Waals surface area contributed by atoms with E-state index in [0.717, 1.165) is 19.3 Å². The Morgan fingerprint density at radius 3 is 2.85 bits per heavy atom. The van der Waals surface area contributed by atoms with E-state index in [0.29, 0.717) is 30.8 Å². The van der Waals surface area contributed by atoms with Crippen molar-refractivity contribution in [1.29, 1.82) is 0 Å². The molecule has 140 valence electrons. The quantitative estimate of drug-likeness (QED) is 0.752. The van der Waals surface area contributed by atoms with Gasteiger partial charge < -0.3 is 20.6 Å². The number of rotatable bonds is 5. The summed E-state index contributed by atoms with van der Waals surface area (Å²) in [6.07, 6.45) is 3.23. The fraction of sp³-hybridized carbons (Fsp3) is 0.526. The van der Waals surface area contributed by atoms with Crippen LogP contribution in [-0.4, -0.2) is 47.5 Å². The number of likely N-dealkylation sites (tertiary alicyclic amines) is 1. The summed E-state index contributed by atoms with van der Waals surface area (Å²) in [4.78, 5) is 38.0. The van der Waals surface area contributed by atoms with E-state index in [-0.39, 0.29) is 24.4 Å². The first-order valence-corrected chi connectivity index (χ1v) is 9.14. The third kappa shape index (κ3) is 3.38. The smallest absolute Gasteiger partial charge is 0.321 e. The highest BCUT2D eigenvalue weighted by Gasteiger charge is 2.55. The number of urea groups is 1. The predicted molar refractivity (Wildman–Crippen MR) is 97.1 cm³/mol.